The van der Waals surface area contributed by atoms with E-state index in [9.17, 15) is 4.79 Å². The van der Waals surface area contributed by atoms with E-state index in [-0.39, 0.29) is 11.8 Å². The minimum Gasteiger partial charge on any atom is -0.384 e. The Kier molecular flexibility index (Phi) is 3.90. The number of amides is 1. The molecule has 0 aliphatic carbocycles. The maximum Gasteiger partial charge on any atom is 0.226 e. The van der Waals surface area contributed by atoms with Gasteiger partial charge in [-0.05, 0) is 18.1 Å². The highest BCUT2D eigenvalue weighted by Gasteiger charge is 2.24. The Morgan fingerprint density at radius 1 is 1.43 bits per heavy atom. The molecule has 0 bridgehead atoms. The molecule has 3 N–H and O–H groups in total. The first-order valence-electron chi connectivity index (χ1n) is 7.43. The number of nitrogens with zero attached hydrogens (tertiary/aromatic N) is 1. The monoisotopic (exact) mass is 284 g/mol. The van der Waals surface area contributed by atoms with Crippen molar-refractivity contribution in [2.75, 3.05) is 17.2 Å². The molecule has 0 radical (unpaired) electrons. The van der Waals surface area contributed by atoms with E-state index < -0.39 is 0 Å². The van der Waals surface area contributed by atoms with Crippen molar-refractivity contribution in [1.29, 1.82) is 0 Å². The lowest BCUT2D eigenvalue weighted by molar-refractivity contribution is -0.116. The minimum atomic E-state index is 0.00746. The van der Waals surface area contributed by atoms with E-state index >= 15 is 0 Å². The van der Waals surface area contributed by atoms with Crippen LogP contribution >= 0.6 is 0 Å². The molecule has 2 heterocycles. The van der Waals surface area contributed by atoms with Gasteiger partial charge in [-0.15, -0.1) is 0 Å². The number of aromatic amines is 1. The molecule has 1 aromatic carbocycles. The fourth-order valence-electron chi connectivity index (χ4n) is 2.78. The summed E-state index contributed by atoms with van der Waals surface area (Å²) >= 11 is 0. The number of rotatable bonds is 5. The molecular formula is C16H20N4O. The SMILES string of the molecule is CCCc1cc(NC(=O)CC2CNc3ccccc32)n[nH]1. The first-order valence-corrected chi connectivity index (χ1v) is 7.43. The summed E-state index contributed by atoms with van der Waals surface area (Å²) in [4.78, 5) is 12.2. The Hall–Kier alpha value is -2.30. The molecule has 1 unspecified atom stereocenters. The molecule has 3 rings (SSSR count). The fourth-order valence-corrected chi connectivity index (χ4v) is 2.78. The normalized spacial score (nSPS) is 16.3. The fraction of sp³-hybridized carbons (Fsp3) is 0.375. The number of fused-ring (bicyclic) bond motifs is 1. The number of benzene rings is 1. The van der Waals surface area contributed by atoms with Crippen molar-refractivity contribution in [3.63, 3.8) is 0 Å². The van der Waals surface area contributed by atoms with Gasteiger partial charge < -0.3 is 10.6 Å². The topological polar surface area (TPSA) is 69.8 Å². The summed E-state index contributed by atoms with van der Waals surface area (Å²) in [6.07, 6.45) is 2.48. The van der Waals surface area contributed by atoms with E-state index in [1.807, 2.05) is 18.2 Å². The third-order valence-electron chi connectivity index (χ3n) is 3.79. The van der Waals surface area contributed by atoms with Crippen LogP contribution in [0.5, 0.6) is 0 Å². The van der Waals surface area contributed by atoms with E-state index in [2.05, 4.69) is 39.9 Å². The Bertz CT molecular complexity index is 635. The maximum absolute atomic E-state index is 12.2. The second-order valence-corrected chi connectivity index (χ2v) is 5.45. The Morgan fingerprint density at radius 2 is 2.29 bits per heavy atom. The van der Waals surface area contributed by atoms with Gasteiger partial charge in [-0.2, -0.15) is 5.10 Å². The minimum absolute atomic E-state index is 0.00746. The van der Waals surface area contributed by atoms with E-state index in [1.54, 1.807) is 0 Å². The Labute approximate surface area is 124 Å². The van der Waals surface area contributed by atoms with Gasteiger partial charge in [0.05, 0.1) is 0 Å². The lowest BCUT2D eigenvalue weighted by atomic mass is 9.97. The maximum atomic E-state index is 12.2. The molecule has 1 atom stereocenters. The molecule has 1 aliphatic heterocycles. The highest BCUT2D eigenvalue weighted by Crippen LogP contribution is 2.33. The van der Waals surface area contributed by atoms with Crippen LogP contribution in [0.3, 0.4) is 0 Å². The van der Waals surface area contributed by atoms with Crippen molar-refractivity contribution in [2.45, 2.75) is 32.1 Å². The van der Waals surface area contributed by atoms with Crippen molar-refractivity contribution in [2.24, 2.45) is 0 Å². The van der Waals surface area contributed by atoms with Gasteiger partial charge in [0.15, 0.2) is 5.82 Å². The summed E-state index contributed by atoms with van der Waals surface area (Å²) < 4.78 is 0. The van der Waals surface area contributed by atoms with Gasteiger partial charge in [0, 0.05) is 36.3 Å². The van der Waals surface area contributed by atoms with Gasteiger partial charge in [0.2, 0.25) is 5.91 Å². The van der Waals surface area contributed by atoms with Crippen molar-refractivity contribution >= 4 is 17.4 Å². The number of aryl methyl sites for hydroxylation is 1. The van der Waals surface area contributed by atoms with Gasteiger partial charge in [-0.3, -0.25) is 9.89 Å². The largest absolute Gasteiger partial charge is 0.384 e. The molecule has 5 heteroatoms. The summed E-state index contributed by atoms with van der Waals surface area (Å²) in [6, 6.07) is 10.1. The summed E-state index contributed by atoms with van der Waals surface area (Å²) in [6.45, 7) is 2.93. The molecule has 1 aromatic heterocycles. The summed E-state index contributed by atoms with van der Waals surface area (Å²) in [5.74, 6) is 0.853. The molecule has 110 valence electrons. The average Bonchev–Trinajstić information content (AvgIpc) is 3.07. The second-order valence-electron chi connectivity index (χ2n) is 5.45. The van der Waals surface area contributed by atoms with Crippen LogP contribution in [0.1, 0.15) is 36.9 Å². The zero-order chi connectivity index (χ0) is 14.7. The highest BCUT2D eigenvalue weighted by atomic mass is 16.1. The van der Waals surface area contributed by atoms with Crippen LogP contribution in [0.15, 0.2) is 30.3 Å². The molecular weight excluding hydrogens is 264 g/mol. The number of nitrogens with one attached hydrogen (secondary N) is 3. The van der Waals surface area contributed by atoms with E-state index in [0.717, 1.165) is 30.8 Å². The van der Waals surface area contributed by atoms with Crippen LogP contribution in [0, 0.1) is 0 Å². The predicted octanol–water partition coefficient (Wildman–Crippen LogP) is 2.90. The first kappa shape index (κ1) is 13.7. The first-order chi connectivity index (χ1) is 10.3. The van der Waals surface area contributed by atoms with Crippen molar-refractivity contribution in [1.82, 2.24) is 10.2 Å². The van der Waals surface area contributed by atoms with Gasteiger partial charge in [0.1, 0.15) is 0 Å². The third kappa shape index (κ3) is 3.07. The number of para-hydroxylation sites is 1. The van der Waals surface area contributed by atoms with Crippen molar-refractivity contribution < 1.29 is 4.79 Å². The summed E-state index contributed by atoms with van der Waals surface area (Å²) in [5.41, 5.74) is 3.42. The van der Waals surface area contributed by atoms with Crippen LogP contribution in [-0.4, -0.2) is 22.6 Å². The number of hydrogen-bond acceptors (Lipinski definition) is 3. The van der Waals surface area contributed by atoms with Crippen LogP contribution < -0.4 is 10.6 Å². The van der Waals surface area contributed by atoms with Gasteiger partial charge in [-0.25, -0.2) is 0 Å². The van der Waals surface area contributed by atoms with E-state index in [0.29, 0.717) is 12.2 Å². The second kappa shape index (κ2) is 5.99. The summed E-state index contributed by atoms with van der Waals surface area (Å²) in [5, 5.41) is 13.3. The molecule has 0 spiro atoms. The van der Waals surface area contributed by atoms with Crippen LogP contribution in [0.25, 0.3) is 0 Å². The molecule has 0 saturated heterocycles. The van der Waals surface area contributed by atoms with Crippen molar-refractivity contribution in [3.8, 4) is 0 Å². The molecule has 5 nitrogen and oxygen atoms in total. The standard InChI is InChI=1S/C16H20N4O/c1-2-5-12-9-15(20-19-12)18-16(21)8-11-10-17-14-7-4-3-6-13(11)14/h3-4,6-7,9,11,17H,2,5,8,10H2,1H3,(H2,18,19,20,21). The van der Waals surface area contributed by atoms with Crippen molar-refractivity contribution in [3.05, 3.63) is 41.6 Å². The van der Waals surface area contributed by atoms with Gasteiger partial charge in [-0.1, -0.05) is 31.5 Å². The van der Waals surface area contributed by atoms with Crippen LogP contribution in [0.2, 0.25) is 0 Å². The number of carbonyl (C=O) groups is 1. The van der Waals surface area contributed by atoms with Crippen LogP contribution in [-0.2, 0) is 11.2 Å². The quantitative estimate of drug-likeness (QED) is 0.790. The Morgan fingerprint density at radius 3 is 3.14 bits per heavy atom. The summed E-state index contributed by atoms with van der Waals surface area (Å²) in [7, 11) is 0. The number of carbonyl (C=O) groups excluding carboxylic acids is 1. The number of aromatic nitrogens is 2. The number of anilines is 2. The average molecular weight is 284 g/mol. The van der Waals surface area contributed by atoms with E-state index in [1.165, 1.54) is 5.56 Å². The van der Waals surface area contributed by atoms with Gasteiger partial charge >= 0.3 is 0 Å². The zero-order valence-corrected chi connectivity index (χ0v) is 12.1. The van der Waals surface area contributed by atoms with Crippen LogP contribution in [0.4, 0.5) is 11.5 Å². The molecule has 2 aromatic rings. The van der Waals surface area contributed by atoms with Gasteiger partial charge in [0.25, 0.3) is 0 Å². The Balaban J connectivity index is 1.59. The van der Waals surface area contributed by atoms with E-state index in [4.69, 9.17) is 0 Å². The number of hydrogen-bond donors (Lipinski definition) is 3. The lowest BCUT2D eigenvalue weighted by Gasteiger charge is -2.09. The molecule has 1 amide bonds. The number of H-pyrrole nitrogens is 1. The molecule has 0 fully saturated rings. The molecule has 1 aliphatic rings. The molecule has 21 heavy (non-hydrogen) atoms. The third-order valence-corrected chi connectivity index (χ3v) is 3.79. The zero-order valence-electron chi connectivity index (χ0n) is 12.1. The molecule has 0 saturated carbocycles. The highest BCUT2D eigenvalue weighted by molar-refractivity contribution is 5.90. The predicted molar refractivity (Wildman–Crippen MR) is 83.5 cm³/mol. The smallest absolute Gasteiger partial charge is 0.226 e. The lowest BCUT2D eigenvalue weighted by Crippen LogP contribution is -2.16.